The third-order valence-electron chi connectivity index (χ3n) is 3.24. The van der Waals surface area contributed by atoms with Gasteiger partial charge in [-0.1, -0.05) is 13.8 Å². The molecule has 0 aromatic heterocycles. The summed E-state index contributed by atoms with van der Waals surface area (Å²) in [5.74, 6) is 0.279. The summed E-state index contributed by atoms with van der Waals surface area (Å²) in [6, 6.07) is 3.59. The summed E-state index contributed by atoms with van der Waals surface area (Å²) < 4.78 is 0. The second-order valence-corrected chi connectivity index (χ2v) is 5.00. The maximum atomic E-state index is 11.3. The first kappa shape index (κ1) is 12.7. The molecule has 0 saturated heterocycles. The smallest absolute Gasteiger partial charge is 0.228 e. The van der Waals surface area contributed by atoms with E-state index in [0.717, 1.165) is 16.9 Å². The summed E-state index contributed by atoms with van der Waals surface area (Å²) in [7, 11) is 0. The molecule has 0 fully saturated rings. The highest BCUT2D eigenvalue weighted by Crippen LogP contribution is 2.32. The van der Waals surface area contributed by atoms with Gasteiger partial charge in [0.05, 0.1) is 30.4 Å². The van der Waals surface area contributed by atoms with Gasteiger partial charge in [-0.2, -0.15) is 0 Å². The van der Waals surface area contributed by atoms with Crippen LogP contribution in [0.1, 0.15) is 19.4 Å². The number of aliphatic hydroxyl groups excluding tert-OH is 1. The van der Waals surface area contributed by atoms with Crippen molar-refractivity contribution in [1.82, 2.24) is 0 Å². The quantitative estimate of drug-likeness (QED) is 0.604. The normalized spacial score (nSPS) is 15.4. The lowest BCUT2D eigenvalue weighted by Gasteiger charge is -2.22. The molecule has 1 atom stereocenters. The molecular weight excluding hydrogens is 230 g/mol. The number of anilines is 3. The van der Waals surface area contributed by atoms with E-state index in [1.54, 1.807) is 0 Å². The monoisotopic (exact) mass is 249 g/mol. The molecule has 1 aliphatic heterocycles. The van der Waals surface area contributed by atoms with Gasteiger partial charge in [0.25, 0.3) is 0 Å². The third-order valence-corrected chi connectivity index (χ3v) is 3.24. The standard InChI is InChI=1S/C13H19N3O2/c1-7(2)12(6-17)15-11-5-10-8(3-9(11)14)4-13(18)16-10/h3,5,7,12,15,17H,4,6,14H2,1-2H3,(H,16,18). The van der Waals surface area contributed by atoms with Gasteiger partial charge in [-0.3, -0.25) is 4.79 Å². The van der Waals surface area contributed by atoms with Gasteiger partial charge in [0.1, 0.15) is 0 Å². The molecule has 98 valence electrons. The molecule has 5 nitrogen and oxygen atoms in total. The van der Waals surface area contributed by atoms with Gasteiger partial charge in [0.2, 0.25) is 5.91 Å². The third kappa shape index (κ3) is 2.41. The summed E-state index contributed by atoms with van der Waals surface area (Å²) in [6.45, 7) is 4.10. The second-order valence-electron chi connectivity index (χ2n) is 5.00. The molecular formula is C13H19N3O2. The van der Waals surface area contributed by atoms with Crippen LogP contribution in [0.15, 0.2) is 12.1 Å². The van der Waals surface area contributed by atoms with E-state index in [1.807, 2.05) is 26.0 Å². The molecule has 0 saturated carbocycles. The number of nitrogen functional groups attached to an aromatic ring is 1. The lowest BCUT2D eigenvalue weighted by atomic mass is 10.0. The number of hydrogen-bond donors (Lipinski definition) is 4. The van der Waals surface area contributed by atoms with Crippen LogP contribution in [-0.4, -0.2) is 23.7 Å². The Kier molecular flexibility index (Phi) is 3.43. The molecule has 0 spiro atoms. The van der Waals surface area contributed by atoms with E-state index in [-0.39, 0.29) is 24.5 Å². The number of benzene rings is 1. The first-order chi connectivity index (χ1) is 8.51. The van der Waals surface area contributed by atoms with Gasteiger partial charge < -0.3 is 21.5 Å². The van der Waals surface area contributed by atoms with Gasteiger partial charge in [0, 0.05) is 5.69 Å². The summed E-state index contributed by atoms with van der Waals surface area (Å²) in [5, 5.41) is 15.3. The van der Waals surface area contributed by atoms with Gasteiger partial charge in [-0.15, -0.1) is 0 Å². The van der Waals surface area contributed by atoms with E-state index < -0.39 is 0 Å². The number of nitrogens with two attached hydrogens (primary N) is 1. The van der Waals surface area contributed by atoms with Gasteiger partial charge in [0.15, 0.2) is 0 Å². The number of carbonyl (C=O) groups excluding carboxylic acids is 1. The molecule has 1 aliphatic rings. The van der Waals surface area contributed by atoms with Crippen molar-refractivity contribution in [3.8, 4) is 0 Å². The molecule has 1 aromatic carbocycles. The van der Waals surface area contributed by atoms with E-state index in [1.165, 1.54) is 0 Å². The summed E-state index contributed by atoms with van der Waals surface area (Å²) in [5.41, 5.74) is 9.04. The van der Waals surface area contributed by atoms with E-state index in [4.69, 9.17) is 5.73 Å². The number of aliphatic hydroxyl groups is 1. The molecule has 0 bridgehead atoms. The zero-order valence-electron chi connectivity index (χ0n) is 10.7. The summed E-state index contributed by atoms with van der Waals surface area (Å²) in [6.07, 6.45) is 0.382. The molecule has 2 rings (SSSR count). The predicted molar refractivity (Wildman–Crippen MR) is 72.5 cm³/mol. The maximum Gasteiger partial charge on any atom is 0.228 e. The second kappa shape index (κ2) is 4.86. The van der Waals surface area contributed by atoms with Crippen molar-refractivity contribution in [3.63, 3.8) is 0 Å². The molecule has 1 heterocycles. The Labute approximate surface area is 106 Å². The number of amides is 1. The van der Waals surface area contributed by atoms with Crippen molar-refractivity contribution in [2.45, 2.75) is 26.3 Å². The van der Waals surface area contributed by atoms with Crippen molar-refractivity contribution in [2.75, 3.05) is 23.0 Å². The fraction of sp³-hybridized carbons (Fsp3) is 0.462. The highest BCUT2D eigenvalue weighted by molar-refractivity contribution is 6.00. The summed E-state index contributed by atoms with van der Waals surface area (Å²) in [4.78, 5) is 11.3. The van der Waals surface area contributed by atoms with Crippen LogP contribution in [-0.2, 0) is 11.2 Å². The van der Waals surface area contributed by atoms with Crippen LogP contribution < -0.4 is 16.4 Å². The van der Waals surface area contributed by atoms with Crippen LogP contribution in [0.5, 0.6) is 0 Å². The van der Waals surface area contributed by atoms with E-state index in [2.05, 4.69) is 10.6 Å². The van der Waals surface area contributed by atoms with Crippen LogP contribution in [0.4, 0.5) is 17.1 Å². The molecule has 1 amide bonds. The number of nitrogens with one attached hydrogen (secondary N) is 2. The van der Waals surface area contributed by atoms with E-state index in [0.29, 0.717) is 12.1 Å². The highest BCUT2D eigenvalue weighted by atomic mass is 16.3. The lowest BCUT2D eigenvalue weighted by molar-refractivity contribution is -0.115. The van der Waals surface area contributed by atoms with Crippen molar-refractivity contribution in [3.05, 3.63) is 17.7 Å². The molecule has 5 N–H and O–H groups in total. The Morgan fingerprint density at radius 1 is 1.50 bits per heavy atom. The largest absolute Gasteiger partial charge is 0.397 e. The lowest BCUT2D eigenvalue weighted by Crippen LogP contribution is -2.29. The van der Waals surface area contributed by atoms with Crippen LogP contribution in [0, 0.1) is 5.92 Å². The van der Waals surface area contributed by atoms with Crippen molar-refractivity contribution in [2.24, 2.45) is 5.92 Å². The molecule has 1 aromatic rings. The van der Waals surface area contributed by atoms with Crippen LogP contribution in [0.3, 0.4) is 0 Å². The first-order valence-electron chi connectivity index (χ1n) is 6.11. The molecule has 5 heteroatoms. The number of hydrogen-bond acceptors (Lipinski definition) is 4. The number of carbonyl (C=O) groups is 1. The Morgan fingerprint density at radius 2 is 2.22 bits per heavy atom. The van der Waals surface area contributed by atoms with Gasteiger partial charge >= 0.3 is 0 Å². The Balaban J connectivity index is 2.24. The molecule has 18 heavy (non-hydrogen) atoms. The van der Waals surface area contributed by atoms with Gasteiger partial charge in [-0.25, -0.2) is 0 Å². The summed E-state index contributed by atoms with van der Waals surface area (Å²) >= 11 is 0. The SMILES string of the molecule is CC(C)C(CO)Nc1cc2c(cc1N)CC(=O)N2. The number of rotatable bonds is 4. The van der Waals surface area contributed by atoms with Crippen molar-refractivity contribution >= 4 is 23.0 Å². The highest BCUT2D eigenvalue weighted by Gasteiger charge is 2.20. The minimum Gasteiger partial charge on any atom is -0.397 e. The van der Waals surface area contributed by atoms with Gasteiger partial charge in [-0.05, 0) is 23.6 Å². The fourth-order valence-corrected chi connectivity index (χ4v) is 2.04. The average Bonchev–Trinajstić information content (AvgIpc) is 2.64. The predicted octanol–water partition coefficient (Wildman–Crippen LogP) is 1.19. The van der Waals surface area contributed by atoms with Crippen molar-refractivity contribution < 1.29 is 9.90 Å². The van der Waals surface area contributed by atoms with Crippen LogP contribution in [0.2, 0.25) is 0 Å². The Bertz CT molecular complexity index is 472. The topological polar surface area (TPSA) is 87.4 Å². The van der Waals surface area contributed by atoms with Crippen LogP contribution >= 0.6 is 0 Å². The molecule has 0 radical (unpaired) electrons. The fourth-order valence-electron chi connectivity index (χ4n) is 2.04. The first-order valence-corrected chi connectivity index (χ1v) is 6.11. The van der Waals surface area contributed by atoms with Crippen LogP contribution in [0.25, 0.3) is 0 Å². The zero-order valence-corrected chi connectivity index (χ0v) is 10.7. The number of fused-ring (bicyclic) bond motifs is 1. The average molecular weight is 249 g/mol. The van der Waals surface area contributed by atoms with E-state index >= 15 is 0 Å². The van der Waals surface area contributed by atoms with E-state index in [9.17, 15) is 9.90 Å². The van der Waals surface area contributed by atoms with Crippen molar-refractivity contribution in [1.29, 1.82) is 0 Å². The Morgan fingerprint density at radius 3 is 2.83 bits per heavy atom. The zero-order chi connectivity index (χ0) is 13.3. The maximum absolute atomic E-state index is 11.3. The minimum absolute atomic E-state index is 0.0101. The Hall–Kier alpha value is -1.75. The minimum atomic E-state index is -0.0533. The molecule has 0 aliphatic carbocycles. The molecule has 1 unspecified atom stereocenters.